The van der Waals surface area contributed by atoms with Crippen LogP contribution in [0, 0.1) is 11.3 Å². The van der Waals surface area contributed by atoms with Crippen molar-refractivity contribution in [3.63, 3.8) is 0 Å². The molecule has 4 heteroatoms. The quantitative estimate of drug-likeness (QED) is 0.604. The standard InChI is InChI=1S/C19H12N4/c20-11-13-6-8-14(9-7-13)16-10-17-19(21-12-16)23-18(22-17)15-4-2-1-3-5-15/h1-10,12H,(H,21,22,23). The molecule has 0 aliphatic carbocycles. The van der Waals surface area contributed by atoms with Crippen molar-refractivity contribution in [3.05, 3.63) is 72.4 Å². The second-order valence-corrected chi connectivity index (χ2v) is 5.24. The molecule has 0 aliphatic rings. The van der Waals surface area contributed by atoms with E-state index < -0.39 is 0 Å². The Hall–Kier alpha value is -3.45. The van der Waals surface area contributed by atoms with Gasteiger partial charge in [-0.25, -0.2) is 9.97 Å². The van der Waals surface area contributed by atoms with Crippen LogP contribution in [-0.4, -0.2) is 15.0 Å². The fraction of sp³-hybridized carbons (Fsp3) is 0. The Balaban J connectivity index is 1.77. The van der Waals surface area contributed by atoms with Gasteiger partial charge < -0.3 is 4.98 Å². The summed E-state index contributed by atoms with van der Waals surface area (Å²) in [5.74, 6) is 0.810. The summed E-state index contributed by atoms with van der Waals surface area (Å²) in [5, 5.41) is 8.88. The lowest BCUT2D eigenvalue weighted by atomic mass is 10.1. The van der Waals surface area contributed by atoms with Crippen molar-refractivity contribution in [1.29, 1.82) is 5.26 Å². The zero-order valence-corrected chi connectivity index (χ0v) is 12.2. The van der Waals surface area contributed by atoms with Gasteiger partial charge in [0.15, 0.2) is 5.65 Å². The highest BCUT2D eigenvalue weighted by atomic mass is 15.0. The first-order valence-corrected chi connectivity index (χ1v) is 7.25. The molecule has 0 saturated carbocycles. The van der Waals surface area contributed by atoms with Gasteiger partial charge in [-0.1, -0.05) is 42.5 Å². The number of pyridine rings is 1. The fourth-order valence-corrected chi connectivity index (χ4v) is 2.53. The molecule has 0 bridgehead atoms. The van der Waals surface area contributed by atoms with E-state index in [0.29, 0.717) is 11.2 Å². The zero-order chi connectivity index (χ0) is 15.6. The minimum atomic E-state index is 0.649. The average Bonchev–Trinajstić information content (AvgIpc) is 3.06. The van der Waals surface area contributed by atoms with E-state index in [9.17, 15) is 0 Å². The number of nitriles is 1. The van der Waals surface area contributed by atoms with E-state index in [1.165, 1.54) is 0 Å². The van der Waals surface area contributed by atoms with E-state index in [0.717, 1.165) is 28.0 Å². The van der Waals surface area contributed by atoms with Crippen LogP contribution < -0.4 is 0 Å². The number of nitrogens with one attached hydrogen (secondary N) is 1. The van der Waals surface area contributed by atoms with Gasteiger partial charge in [-0.05, 0) is 23.8 Å². The normalized spacial score (nSPS) is 10.6. The summed E-state index contributed by atoms with van der Waals surface area (Å²) in [6.45, 7) is 0. The Kier molecular flexibility index (Phi) is 3.10. The predicted molar refractivity (Wildman–Crippen MR) is 89.5 cm³/mol. The number of fused-ring (bicyclic) bond motifs is 1. The van der Waals surface area contributed by atoms with Gasteiger partial charge in [0.2, 0.25) is 0 Å². The molecule has 4 rings (SSSR count). The maximum Gasteiger partial charge on any atom is 0.178 e. The minimum absolute atomic E-state index is 0.649. The number of rotatable bonds is 2. The molecule has 0 radical (unpaired) electrons. The van der Waals surface area contributed by atoms with E-state index in [1.54, 1.807) is 6.20 Å². The Bertz CT molecular complexity index is 1010. The third kappa shape index (κ3) is 2.45. The molecule has 0 unspecified atom stereocenters. The molecule has 4 aromatic rings. The Morgan fingerprint density at radius 1 is 0.870 bits per heavy atom. The maximum absolute atomic E-state index is 8.88. The number of nitrogens with zero attached hydrogens (tertiary/aromatic N) is 3. The minimum Gasteiger partial charge on any atom is -0.337 e. The highest BCUT2D eigenvalue weighted by Crippen LogP contribution is 2.24. The number of H-pyrrole nitrogens is 1. The summed E-state index contributed by atoms with van der Waals surface area (Å²) >= 11 is 0. The molecule has 4 nitrogen and oxygen atoms in total. The number of hydrogen-bond donors (Lipinski definition) is 1. The third-order valence-electron chi connectivity index (χ3n) is 3.73. The van der Waals surface area contributed by atoms with Crippen LogP contribution in [0.3, 0.4) is 0 Å². The molecule has 2 aromatic carbocycles. The molecule has 2 heterocycles. The van der Waals surface area contributed by atoms with E-state index in [1.807, 2.05) is 60.7 Å². The van der Waals surface area contributed by atoms with Crippen LogP contribution in [0.25, 0.3) is 33.7 Å². The van der Waals surface area contributed by atoms with Crippen molar-refractivity contribution in [2.45, 2.75) is 0 Å². The van der Waals surface area contributed by atoms with Crippen LogP contribution in [0.15, 0.2) is 66.9 Å². The lowest BCUT2D eigenvalue weighted by Crippen LogP contribution is -1.82. The largest absolute Gasteiger partial charge is 0.337 e. The Morgan fingerprint density at radius 3 is 2.39 bits per heavy atom. The fourth-order valence-electron chi connectivity index (χ4n) is 2.53. The van der Waals surface area contributed by atoms with Gasteiger partial charge in [-0.2, -0.15) is 5.26 Å². The number of benzene rings is 2. The van der Waals surface area contributed by atoms with Crippen LogP contribution in [0.1, 0.15) is 5.56 Å². The van der Waals surface area contributed by atoms with Crippen molar-refractivity contribution < 1.29 is 0 Å². The van der Waals surface area contributed by atoms with Gasteiger partial charge in [0, 0.05) is 17.3 Å². The van der Waals surface area contributed by atoms with E-state index in [2.05, 4.69) is 21.0 Å². The molecule has 0 atom stereocenters. The number of imidazole rings is 1. The van der Waals surface area contributed by atoms with Crippen molar-refractivity contribution in [1.82, 2.24) is 15.0 Å². The molecule has 0 aliphatic heterocycles. The highest BCUT2D eigenvalue weighted by Gasteiger charge is 2.07. The summed E-state index contributed by atoms with van der Waals surface area (Å²) in [6, 6.07) is 21.6. The molecule has 23 heavy (non-hydrogen) atoms. The topological polar surface area (TPSA) is 65.4 Å². The maximum atomic E-state index is 8.88. The first-order valence-electron chi connectivity index (χ1n) is 7.25. The van der Waals surface area contributed by atoms with Crippen molar-refractivity contribution in [2.24, 2.45) is 0 Å². The molecular weight excluding hydrogens is 284 g/mol. The molecule has 2 aromatic heterocycles. The second-order valence-electron chi connectivity index (χ2n) is 5.24. The molecular formula is C19H12N4. The predicted octanol–water partition coefficient (Wildman–Crippen LogP) is 4.16. The average molecular weight is 296 g/mol. The van der Waals surface area contributed by atoms with Gasteiger partial charge in [0.25, 0.3) is 0 Å². The second kappa shape index (κ2) is 5.39. The van der Waals surface area contributed by atoms with E-state index >= 15 is 0 Å². The van der Waals surface area contributed by atoms with Crippen LogP contribution in [0.5, 0.6) is 0 Å². The highest BCUT2D eigenvalue weighted by molar-refractivity contribution is 5.81. The number of aromatic nitrogens is 3. The Morgan fingerprint density at radius 2 is 1.65 bits per heavy atom. The smallest absolute Gasteiger partial charge is 0.178 e. The van der Waals surface area contributed by atoms with Gasteiger partial charge in [0.05, 0.1) is 17.1 Å². The van der Waals surface area contributed by atoms with Crippen LogP contribution in [-0.2, 0) is 0 Å². The number of hydrogen-bond acceptors (Lipinski definition) is 3. The van der Waals surface area contributed by atoms with Gasteiger partial charge in [-0.3, -0.25) is 0 Å². The van der Waals surface area contributed by atoms with Gasteiger partial charge in [-0.15, -0.1) is 0 Å². The number of aromatic amines is 1. The lowest BCUT2D eigenvalue weighted by molar-refractivity contribution is 1.30. The van der Waals surface area contributed by atoms with Crippen molar-refractivity contribution in [2.75, 3.05) is 0 Å². The first kappa shape index (κ1) is 13.2. The van der Waals surface area contributed by atoms with Crippen LogP contribution in [0.4, 0.5) is 0 Å². The monoisotopic (exact) mass is 296 g/mol. The van der Waals surface area contributed by atoms with Gasteiger partial charge >= 0.3 is 0 Å². The molecule has 108 valence electrons. The van der Waals surface area contributed by atoms with E-state index in [4.69, 9.17) is 5.26 Å². The molecule has 0 amide bonds. The van der Waals surface area contributed by atoms with Crippen molar-refractivity contribution in [3.8, 4) is 28.6 Å². The lowest BCUT2D eigenvalue weighted by Gasteiger charge is -2.00. The van der Waals surface area contributed by atoms with Gasteiger partial charge in [0.1, 0.15) is 5.82 Å². The summed E-state index contributed by atoms with van der Waals surface area (Å²) in [4.78, 5) is 12.3. The first-order chi connectivity index (χ1) is 11.3. The molecule has 0 spiro atoms. The van der Waals surface area contributed by atoms with Crippen LogP contribution in [0.2, 0.25) is 0 Å². The third-order valence-corrected chi connectivity index (χ3v) is 3.73. The van der Waals surface area contributed by atoms with Crippen LogP contribution >= 0.6 is 0 Å². The van der Waals surface area contributed by atoms with Crippen molar-refractivity contribution >= 4 is 11.2 Å². The molecule has 0 fully saturated rings. The van der Waals surface area contributed by atoms with E-state index in [-0.39, 0.29) is 0 Å². The SMILES string of the molecule is N#Cc1ccc(-c2cnc3nc(-c4ccccc4)[nH]c3c2)cc1. The summed E-state index contributed by atoms with van der Waals surface area (Å²) in [5.41, 5.74) is 5.28. The summed E-state index contributed by atoms with van der Waals surface area (Å²) in [7, 11) is 0. The molecule has 0 saturated heterocycles. The summed E-state index contributed by atoms with van der Waals surface area (Å²) in [6.07, 6.45) is 1.80. The summed E-state index contributed by atoms with van der Waals surface area (Å²) < 4.78 is 0. The zero-order valence-electron chi connectivity index (χ0n) is 12.2. The molecule has 1 N–H and O–H groups in total. The Labute approximate surface area is 133 Å².